The van der Waals surface area contributed by atoms with Crippen molar-refractivity contribution in [2.45, 2.75) is 58.7 Å². The van der Waals surface area contributed by atoms with E-state index in [1.54, 1.807) is 6.20 Å². The summed E-state index contributed by atoms with van der Waals surface area (Å²) in [5.41, 5.74) is 7.80. The highest BCUT2D eigenvalue weighted by atomic mass is 32.2. The first kappa shape index (κ1) is 27.4. The van der Waals surface area contributed by atoms with Crippen molar-refractivity contribution in [3.63, 3.8) is 0 Å². The highest BCUT2D eigenvalue weighted by molar-refractivity contribution is 8.13. The summed E-state index contributed by atoms with van der Waals surface area (Å²) in [5.74, 6) is -0.568. The Hall–Kier alpha value is -2.85. The molecule has 34 heavy (non-hydrogen) atoms. The summed E-state index contributed by atoms with van der Waals surface area (Å²) in [7, 11) is 0. The van der Waals surface area contributed by atoms with E-state index < -0.39 is 35.8 Å². The lowest BCUT2D eigenvalue weighted by molar-refractivity contribution is -0.132. The summed E-state index contributed by atoms with van der Waals surface area (Å²) in [5, 5.41) is 8.72. The minimum Gasteiger partial charge on any atom is -0.361 e. The van der Waals surface area contributed by atoms with Crippen LogP contribution >= 0.6 is 11.8 Å². The quantitative estimate of drug-likeness (QED) is 0.305. The fourth-order valence-electron chi connectivity index (χ4n) is 3.53. The molecule has 186 valence electrons. The molecule has 1 aromatic heterocycles. The summed E-state index contributed by atoms with van der Waals surface area (Å²) < 4.78 is 0. The maximum atomic E-state index is 13.1. The van der Waals surface area contributed by atoms with Gasteiger partial charge in [0.2, 0.25) is 22.8 Å². The average molecular weight is 490 g/mol. The molecule has 0 saturated heterocycles. The molecule has 0 spiro atoms. The van der Waals surface area contributed by atoms with Gasteiger partial charge in [-0.25, -0.2) is 0 Å². The monoisotopic (exact) mass is 489 g/mol. The second-order valence-corrected chi connectivity index (χ2v) is 9.94. The Morgan fingerprint density at radius 2 is 1.74 bits per heavy atom. The van der Waals surface area contributed by atoms with E-state index in [9.17, 15) is 19.2 Å². The van der Waals surface area contributed by atoms with Crippen LogP contribution in [0.15, 0.2) is 30.5 Å². The molecule has 0 saturated carbocycles. The lowest BCUT2D eigenvalue weighted by atomic mass is 10.0. The van der Waals surface area contributed by atoms with Gasteiger partial charge >= 0.3 is 0 Å². The number of amides is 3. The molecular formula is C24H35N5O4S. The van der Waals surface area contributed by atoms with Crippen LogP contribution in [0.25, 0.3) is 10.9 Å². The van der Waals surface area contributed by atoms with Crippen LogP contribution < -0.4 is 21.7 Å². The number of hydrogen-bond acceptors (Lipinski definition) is 6. The minimum atomic E-state index is -0.933. The summed E-state index contributed by atoms with van der Waals surface area (Å²) in [4.78, 5) is 53.0. The number of rotatable bonds is 12. The zero-order valence-corrected chi connectivity index (χ0v) is 21.0. The Kier molecular flexibility index (Phi) is 10.6. The van der Waals surface area contributed by atoms with Gasteiger partial charge in [0.1, 0.15) is 12.1 Å². The molecule has 3 amide bonds. The van der Waals surface area contributed by atoms with Gasteiger partial charge in [-0.05, 0) is 36.6 Å². The molecule has 1 heterocycles. The Morgan fingerprint density at radius 1 is 1.03 bits per heavy atom. The molecule has 0 radical (unpaired) electrons. The molecule has 1 aromatic carbocycles. The van der Waals surface area contributed by atoms with Crippen molar-refractivity contribution in [2.24, 2.45) is 11.7 Å². The number of nitrogens with one attached hydrogen (secondary N) is 4. The van der Waals surface area contributed by atoms with Crippen LogP contribution in [-0.2, 0) is 25.6 Å². The predicted molar refractivity (Wildman–Crippen MR) is 135 cm³/mol. The largest absolute Gasteiger partial charge is 0.361 e. The van der Waals surface area contributed by atoms with Crippen LogP contribution in [0.1, 0.15) is 39.7 Å². The van der Waals surface area contributed by atoms with Crippen LogP contribution in [0.3, 0.4) is 0 Å². The van der Waals surface area contributed by atoms with E-state index in [1.807, 2.05) is 45.0 Å². The van der Waals surface area contributed by atoms with Crippen molar-refractivity contribution in [1.82, 2.24) is 20.9 Å². The molecule has 0 aliphatic carbocycles. The Labute approximate surface area is 204 Å². The lowest BCUT2D eigenvalue weighted by Gasteiger charge is -2.23. The zero-order chi connectivity index (χ0) is 25.3. The van der Waals surface area contributed by atoms with Crippen LogP contribution in [0.2, 0.25) is 0 Å². The van der Waals surface area contributed by atoms with Crippen LogP contribution in [0, 0.1) is 5.92 Å². The van der Waals surface area contributed by atoms with E-state index in [0.717, 1.165) is 28.2 Å². The third-order valence-corrected chi connectivity index (χ3v) is 6.01. The Bertz CT molecular complexity index is 1010. The van der Waals surface area contributed by atoms with Gasteiger partial charge in [0.15, 0.2) is 0 Å². The van der Waals surface area contributed by atoms with Gasteiger partial charge in [0, 0.05) is 23.5 Å². The number of benzene rings is 1. The summed E-state index contributed by atoms with van der Waals surface area (Å²) in [6.07, 6.45) is 2.50. The van der Waals surface area contributed by atoms with E-state index >= 15 is 0 Å². The third kappa shape index (κ3) is 8.18. The highest BCUT2D eigenvalue weighted by Crippen LogP contribution is 2.19. The number of fused-ring (bicyclic) bond motifs is 1. The highest BCUT2D eigenvalue weighted by Gasteiger charge is 2.27. The average Bonchev–Trinajstić information content (AvgIpc) is 3.19. The number of aromatic amines is 1. The first-order valence-corrected chi connectivity index (χ1v) is 12.5. The number of nitrogens with two attached hydrogens (primary N) is 1. The zero-order valence-electron chi connectivity index (χ0n) is 20.1. The van der Waals surface area contributed by atoms with Gasteiger partial charge in [-0.15, -0.1) is 0 Å². The maximum Gasteiger partial charge on any atom is 0.243 e. The maximum absolute atomic E-state index is 13.1. The standard InChI is InChI=1S/C24H35N5O4S/c1-5-34-21(30)13-27-22(31)15(4)28-24(33)20(29-23(32)18(25)10-14(2)3)11-16-12-26-19-9-7-6-8-17(16)19/h6-9,12,14-15,18,20,26H,5,10-11,13,25H2,1-4H3,(H,27,31)(H,28,33)(H,29,32)/t15-,18-,20-/m0/s1. The summed E-state index contributed by atoms with van der Waals surface area (Å²) in [6, 6.07) is 5.09. The molecule has 6 N–H and O–H groups in total. The fourth-order valence-corrected chi connectivity index (χ4v) is 4.02. The first-order valence-electron chi connectivity index (χ1n) is 11.5. The van der Waals surface area contributed by atoms with Crippen molar-refractivity contribution < 1.29 is 19.2 Å². The van der Waals surface area contributed by atoms with Gasteiger partial charge in [-0.1, -0.05) is 50.7 Å². The van der Waals surface area contributed by atoms with E-state index in [1.165, 1.54) is 6.92 Å². The van der Waals surface area contributed by atoms with Gasteiger partial charge < -0.3 is 26.7 Å². The number of carbonyl (C=O) groups excluding carboxylic acids is 4. The second kappa shape index (κ2) is 13.1. The normalized spacial score (nSPS) is 13.8. The van der Waals surface area contributed by atoms with Crippen LogP contribution in [-0.4, -0.2) is 58.2 Å². The summed E-state index contributed by atoms with van der Waals surface area (Å²) >= 11 is 1.12. The molecule has 2 rings (SSSR count). The SMILES string of the molecule is CCSC(=O)CNC(=O)[C@H](C)NC(=O)[C@H](Cc1c[nH]c2ccccc12)NC(=O)[C@@H](N)CC(C)C. The van der Waals surface area contributed by atoms with Crippen molar-refractivity contribution in [1.29, 1.82) is 0 Å². The van der Waals surface area contributed by atoms with Crippen LogP contribution in [0.4, 0.5) is 0 Å². The molecule has 2 aromatic rings. The fraction of sp³-hybridized carbons (Fsp3) is 0.500. The van der Waals surface area contributed by atoms with E-state index in [-0.39, 0.29) is 24.0 Å². The molecular weight excluding hydrogens is 454 g/mol. The molecule has 9 nitrogen and oxygen atoms in total. The smallest absolute Gasteiger partial charge is 0.243 e. The number of thioether (sulfide) groups is 1. The van der Waals surface area contributed by atoms with Gasteiger partial charge in [0.25, 0.3) is 0 Å². The van der Waals surface area contributed by atoms with E-state index in [0.29, 0.717) is 12.2 Å². The Morgan fingerprint density at radius 3 is 2.41 bits per heavy atom. The number of carbonyl (C=O) groups is 4. The third-order valence-electron chi connectivity index (χ3n) is 5.26. The molecule has 0 aliphatic heterocycles. The molecule has 0 aliphatic rings. The lowest BCUT2D eigenvalue weighted by Crippen LogP contribution is -2.56. The van der Waals surface area contributed by atoms with Gasteiger partial charge in [-0.2, -0.15) is 0 Å². The number of H-pyrrole nitrogens is 1. The number of aromatic nitrogens is 1. The van der Waals surface area contributed by atoms with Crippen molar-refractivity contribution in [3.8, 4) is 0 Å². The van der Waals surface area contributed by atoms with E-state index in [2.05, 4.69) is 20.9 Å². The van der Waals surface area contributed by atoms with Gasteiger partial charge in [-0.3, -0.25) is 19.2 Å². The Balaban J connectivity index is 2.12. The second-order valence-electron chi connectivity index (χ2n) is 8.61. The molecule has 10 heteroatoms. The number of para-hydroxylation sites is 1. The molecule has 0 fully saturated rings. The topological polar surface area (TPSA) is 146 Å². The van der Waals surface area contributed by atoms with Crippen molar-refractivity contribution >= 4 is 45.5 Å². The van der Waals surface area contributed by atoms with E-state index in [4.69, 9.17) is 5.73 Å². The van der Waals surface area contributed by atoms with Crippen LogP contribution in [0.5, 0.6) is 0 Å². The first-order chi connectivity index (χ1) is 16.1. The molecule has 0 bridgehead atoms. The predicted octanol–water partition coefficient (Wildman–Crippen LogP) is 1.47. The molecule has 3 atom stereocenters. The minimum absolute atomic E-state index is 0.114. The van der Waals surface area contributed by atoms with Crippen molar-refractivity contribution in [2.75, 3.05) is 12.3 Å². The molecule has 0 unspecified atom stereocenters. The summed E-state index contributed by atoms with van der Waals surface area (Å²) in [6.45, 7) is 7.19. The number of hydrogen-bond donors (Lipinski definition) is 5. The van der Waals surface area contributed by atoms with Gasteiger partial charge in [0.05, 0.1) is 12.6 Å². The van der Waals surface area contributed by atoms with Crippen molar-refractivity contribution in [3.05, 3.63) is 36.0 Å².